The summed E-state index contributed by atoms with van der Waals surface area (Å²) in [6, 6.07) is 0. The van der Waals surface area contributed by atoms with Crippen molar-refractivity contribution in [2.75, 3.05) is 33.2 Å². The molecule has 1 aliphatic heterocycles. The van der Waals surface area contributed by atoms with Crippen molar-refractivity contribution >= 4 is 0 Å². The zero-order valence-electron chi connectivity index (χ0n) is 9.32. The summed E-state index contributed by atoms with van der Waals surface area (Å²) in [5.41, 5.74) is -0.0156. The molecule has 5 heteroatoms. The molecule has 2 nitrogen and oxygen atoms in total. The average molecular weight is 224 g/mol. The number of hydrogen-bond acceptors (Lipinski definition) is 2. The number of rotatable bonds is 3. The van der Waals surface area contributed by atoms with Gasteiger partial charge >= 0.3 is 6.18 Å². The van der Waals surface area contributed by atoms with E-state index in [0.29, 0.717) is 6.54 Å². The van der Waals surface area contributed by atoms with Crippen molar-refractivity contribution in [1.29, 1.82) is 0 Å². The fourth-order valence-electron chi connectivity index (χ4n) is 2.27. The predicted octanol–water partition coefficient (Wildman–Crippen LogP) is 1.87. The van der Waals surface area contributed by atoms with Crippen LogP contribution in [0.15, 0.2) is 0 Å². The van der Waals surface area contributed by atoms with Crippen molar-refractivity contribution < 1.29 is 13.2 Å². The van der Waals surface area contributed by atoms with E-state index in [4.69, 9.17) is 0 Å². The number of hydrogen-bond donors (Lipinski definition) is 1. The molecule has 15 heavy (non-hydrogen) atoms. The van der Waals surface area contributed by atoms with Crippen LogP contribution in [0.25, 0.3) is 0 Å². The standard InChI is InChI=1S/C10H19F3N2/c1-9(4-3-5-14-6-9)7-15(2)8-10(11,12)13/h14H,3-8H2,1-2H3. The minimum Gasteiger partial charge on any atom is -0.316 e. The fraction of sp³-hybridized carbons (Fsp3) is 1.00. The first kappa shape index (κ1) is 12.8. The minimum atomic E-state index is -4.09. The molecule has 0 aromatic heterocycles. The van der Waals surface area contributed by atoms with Crippen molar-refractivity contribution in [3.63, 3.8) is 0 Å². The Morgan fingerprint density at radius 2 is 2.07 bits per heavy atom. The van der Waals surface area contributed by atoms with E-state index < -0.39 is 12.7 Å². The van der Waals surface area contributed by atoms with Gasteiger partial charge in [0.1, 0.15) is 0 Å². The second-order valence-electron chi connectivity index (χ2n) is 4.88. The first-order valence-corrected chi connectivity index (χ1v) is 5.27. The molecule has 1 unspecified atom stereocenters. The van der Waals surface area contributed by atoms with Gasteiger partial charge in [0, 0.05) is 13.1 Å². The molecule has 0 aromatic carbocycles. The normalized spacial score (nSPS) is 28.4. The lowest BCUT2D eigenvalue weighted by Gasteiger charge is -2.37. The predicted molar refractivity (Wildman–Crippen MR) is 53.8 cm³/mol. The van der Waals surface area contributed by atoms with Crippen molar-refractivity contribution in [1.82, 2.24) is 10.2 Å². The van der Waals surface area contributed by atoms with Gasteiger partial charge in [0.25, 0.3) is 0 Å². The lowest BCUT2D eigenvalue weighted by atomic mass is 9.82. The van der Waals surface area contributed by atoms with Gasteiger partial charge in [-0.05, 0) is 31.8 Å². The molecule has 0 saturated carbocycles. The Labute approximate surface area is 88.8 Å². The van der Waals surface area contributed by atoms with E-state index in [1.165, 1.54) is 11.9 Å². The number of piperidine rings is 1. The third-order valence-corrected chi connectivity index (χ3v) is 2.79. The van der Waals surface area contributed by atoms with Gasteiger partial charge in [0.2, 0.25) is 0 Å². The lowest BCUT2D eigenvalue weighted by molar-refractivity contribution is -0.145. The summed E-state index contributed by atoms with van der Waals surface area (Å²) in [5.74, 6) is 0. The van der Waals surface area contributed by atoms with Gasteiger partial charge in [-0.3, -0.25) is 4.90 Å². The second-order valence-corrected chi connectivity index (χ2v) is 4.88. The molecule has 1 saturated heterocycles. The van der Waals surface area contributed by atoms with Gasteiger partial charge in [0.05, 0.1) is 6.54 Å². The van der Waals surface area contributed by atoms with Crippen LogP contribution in [0.1, 0.15) is 19.8 Å². The maximum atomic E-state index is 12.1. The number of nitrogens with zero attached hydrogens (tertiary/aromatic N) is 1. The first-order valence-electron chi connectivity index (χ1n) is 5.27. The Bertz CT molecular complexity index is 197. The quantitative estimate of drug-likeness (QED) is 0.787. The highest BCUT2D eigenvalue weighted by molar-refractivity contribution is 4.84. The highest BCUT2D eigenvalue weighted by atomic mass is 19.4. The summed E-state index contributed by atoms with van der Waals surface area (Å²) < 4.78 is 36.4. The van der Waals surface area contributed by atoms with Crippen LogP contribution >= 0.6 is 0 Å². The zero-order valence-corrected chi connectivity index (χ0v) is 9.32. The maximum absolute atomic E-state index is 12.1. The van der Waals surface area contributed by atoms with E-state index in [0.717, 1.165) is 25.9 Å². The average Bonchev–Trinajstić information content (AvgIpc) is 1.99. The van der Waals surface area contributed by atoms with Crippen LogP contribution in [0, 0.1) is 5.41 Å². The van der Waals surface area contributed by atoms with E-state index in [9.17, 15) is 13.2 Å². The molecule has 90 valence electrons. The molecule has 1 heterocycles. The molecule has 1 aliphatic rings. The molecule has 0 radical (unpaired) electrons. The van der Waals surface area contributed by atoms with E-state index >= 15 is 0 Å². The summed E-state index contributed by atoms with van der Waals surface area (Å²) in [4.78, 5) is 1.37. The van der Waals surface area contributed by atoms with Gasteiger partial charge in [0.15, 0.2) is 0 Å². The number of nitrogens with one attached hydrogen (secondary N) is 1. The van der Waals surface area contributed by atoms with E-state index in [1.54, 1.807) is 0 Å². The largest absolute Gasteiger partial charge is 0.401 e. The molecule has 1 rings (SSSR count). The van der Waals surface area contributed by atoms with Crippen molar-refractivity contribution in [2.45, 2.75) is 25.9 Å². The van der Waals surface area contributed by atoms with Crippen molar-refractivity contribution in [3.05, 3.63) is 0 Å². The summed E-state index contributed by atoms with van der Waals surface area (Å²) in [5, 5.41) is 3.24. The van der Waals surface area contributed by atoms with Gasteiger partial charge in [-0.2, -0.15) is 13.2 Å². The Hall–Kier alpha value is -0.290. The van der Waals surface area contributed by atoms with Crippen molar-refractivity contribution in [3.8, 4) is 0 Å². The Balaban J connectivity index is 2.38. The molecule has 0 aromatic rings. The van der Waals surface area contributed by atoms with E-state index in [2.05, 4.69) is 5.32 Å². The minimum absolute atomic E-state index is 0.0156. The Morgan fingerprint density at radius 1 is 1.40 bits per heavy atom. The van der Waals surface area contributed by atoms with Crippen LogP contribution < -0.4 is 5.32 Å². The third-order valence-electron chi connectivity index (χ3n) is 2.79. The molecule has 1 atom stereocenters. The molecule has 0 aliphatic carbocycles. The summed E-state index contributed by atoms with van der Waals surface area (Å²) in [6.45, 7) is 3.53. The van der Waals surface area contributed by atoms with Crippen LogP contribution in [0.3, 0.4) is 0 Å². The van der Waals surface area contributed by atoms with Crippen LogP contribution in [-0.4, -0.2) is 44.3 Å². The maximum Gasteiger partial charge on any atom is 0.401 e. The van der Waals surface area contributed by atoms with Crippen LogP contribution in [-0.2, 0) is 0 Å². The number of alkyl halides is 3. The SMILES string of the molecule is CN(CC(F)(F)F)CC1(C)CCCNC1. The molecular formula is C10H19F3N2. The second kappa shape index (κ2) is 4.70. The summed E-state index contributed by atoms with van der Waals surface area (Å²) >= 11 is 0. The zero-order chi connectivity index (χ0) is 11.5. The van der Waals surface area contributed by atoms with E-state index in [-0.39, 0.29) is 5.41 Å². The van der Waals surface area contributed by atoms with Crippen LogP contribution in [0.2, 0.25) is 0 Å². The van der Waals surface area contributed by atoms with Gasteiger partial charge in [-0.15, -0.1) is 0 Å². The van der Waals surface area contributed by atoms with E-state index in [1.807, 2.05) is 6.92 Å². The van der Waals surface area contributed by atoms with Crippen molar-refractivity contribution in [2.24, 2.45) is 5.41 Å². The monoisotopic (exact) mass is 224 g/mol. The third kappa shape index (κ3) is 4.84. The molecule has 0 bridgehead atoms. The first-order chi connectivity index (χ1) is 6.81. The molecular weight excluding hydrogens is 205 g/mol. The Kier molecular flexibility index (Phi) is 4.00. The highest BCUT2D eigenvalue weighted by Gasteiger charge is 2.33. The van der Waals surface area contributed by atoms with Crippen LogP contribution in [0.4, 0.5) is 13.2 Å². The number of halogens is 3. The van der Waals surface area contributed by atoms with Gasteiger partial charge < -0.3 is 5.32 Å². The molecule has 1 fully saturated rings. The highest BCUT2D eigenvalue weighted by Crippen LogP contribution is 2.27. The van der Waals surface area contributed by atoms with Crippen LogP contribution in [0.5, 0.6) is 0 Å². The lowest BCUT2D eigenvalue weighted by Crippen LogP contribution is -2.46. The molecule has 1 N–H and O–H groups in total. The molecule has 0 amide bonds. The van der Waals surface area contributed by atoms with Gasteiger partial charge in [-0.1, -0.05) is 6.92 Å². The van der Waals surface area contributed by atoms with Gasteiger partial charge in [-0.25, -0.2) is 0 Å². The Morgan fingerprint density at radius 3 is 2.53 bits per heavy atom. The summed E-state index contributed by atoms with van der Waals surface area (Å²) in [7, 11) is 1.54. The smallest absolute Gasteiger partial charge is 0.316 e. The molecule has 0 spiro atoms. The topological polar surface area (TPSA) is 15.3 Å². The summed E-state index contributed by atoms with van der Waals surface area (Å²) in [6.07, 6.45) is -2.04. The fourth-order valence-corrected chi connectivity index (χ4v) is 2.27.